The van der Waals surface area contributed by atoms with Gasteiger partial charge >= 0.3 is 0 Å². The highest BCUT2D eigenvalue weighted by Gasteiger charge is 2.07. The Kier molecular flexibility index (Phi) is 4.10. The van der Waals surface area contributed by atoms with Crippen LogP contribution in [-0.2, 0) is 0 Å². The number of benzene rings is 2. The number of aromatic nitrogens is 2. The summed E-state index contributed by atoms with van der Waals surface area (Å²) in [5, 5.41) is 0. The molecule has 0 bridgehead atoms. The Morgan fingerprint density at radius 3 is 2.61 bits per heavy atom. The molecule has 2 aromatic carbocycles. The van der Waals surface area contributed by atoms with Crippen LogP contribution in [0.3, 0.4) is 0 Å². The zero-order valence-corrected chi connectivity index (χ0v) is 12.9. The average Bonchev–Trinajstić information content (AvgIpc) is 2.59. The van der Waals surface area contributed by atoms with Gasteiger partial charge in [0.05, 0.1) is 25.3 Å². The van der Waals surface area contributed by atoms with Gasteiger partial charge in [-0.25, -0.2) is 4.98 Å². The maximum absolute atomic E-state index is 12.1. The molecule has 23 heavy (non-hydrogen) atoms. The molecule has 5 heteroatoms. The van der Waals surface area contributed by atoms with Crippen molar-refractivity contribution in [2.24, 2.45) is 0 Å². The Hall–Kier alpha value is -3.08. The standard InChI is InChI=1S/C18H16N2O3/c1-22-16-9-5-6-12(17(16)23-2)10-11-15-18(21)20-14-8-4-3-7-13(14)19-15/h3-11H,1-2H3,(H,20,21)/b11-10+. The number of nitrogens with zero attached hydrogens (tertiary/aromatic N) is 1. The fraction of sp³-hybridized carbons (Fsp3) is 0.111. The van der Waals surface area contributed by atoms with Crippen molar-refractivity contribution in [3.63, 3.8) is 0 Å². The van der Waals surface area contributed by atoms with Gasteiger partial charge < -0.3 is 14.5 Å². The van der Waals surface area contributed by atoms with Crippen LogP contribution in [-0.4, -0.2) is 24.2 Å². The number of hydrogen-bond donors (Lipinski definition) is 1. The number of ether oxygens (including phenoxy) is 2. The fourth-order valence-electron chi connectivity index (χ4n) is 2.37. The lowest BCUT2D eigenvalue weighted by atomic mass is 10.1. The number of aromatic amines is 1. The number of para-hydroxylation sites is 3. The van der Waals surface area contributed by atoms with Gasteiger partial charge in [0.2, 0.25) is 0 Å². The lowest BCUT2D eigenvalue weighted by molar-refractivity contribution is 0.354. The summed E-state index contributed by atoms with van der Waals surface area (Å²) in [5.74, 6) is 1.25. The van der Waals surface area contributed by atoms with Gasteiger partial charge in [-0.2, -0.15) is 0 Å². The monoisotopic (exact) mass is 308 g/mol. The van der Waals surface area contributed by atoms with Crippen LogP contribution in [0.2, 0.25) is 0 Å². The normalized spacial score (nSPS) is 11.0. The maximum Gasteiger partial charge on any atom is 0.274 e. The molecule has 3 aromatic rings. The van der Waals surface area contributed by atoms with Crippen LogP contribution in [0.5, 0.6) is 11.5 Å². The van der Waals surface area contributed by atoms with Gasteiger partial charge in [-0.1, -0.05) is 24.3 Å². The summed E-state index contributed by atoms with van der Waals surface area (Å²) in [7, 11) is 3.16. The smallest absolute Gasteiger partial charge is 0.274 e. The highest BCUT2D eigenvalue weighted by atomic mass is 16.5. The predicted molar refractivity (Wildman–Crippen MR) is 90.8 cm³/mol. The molecule has 0 amide bonds. The number of nitrogens with one attached hydrogen (secondary N) is 1. The van der Waals surface area contributed by atoms with Gasteiger partial charge in [-0.3, -0.25) is 4.79 Å². The van der Waals surface area contributed by atoms with Gasteiger partial charge in [0, 0.05) is 5.56 Å². The molecule has 0 saturated carbocycles. The molecule has 5 nitrogen and oxygen atoms in total. The van der Waals surface area contributed by atoms with Crippen molar-refractivity contribution in [1.29, 1.82) is 0 Å². The Morgan fingerprint density at radius 1 is 1.00 bits per heavy atom. The van der Waals surface area contributed by atoms with Crippen LogP contribution in [0, 0.1) is 0 Å². The third-order valence-electron chi connectivity index (χ3n) is 3.48. The van der Waals surface area contributed by atoms with E-state index in [0.717, 1.165) is 11.1 Å². The molecule has 1 N–H and O–H groups in total. The van der Waals surface area contributed by atoms with Crippen LogP contribution in [0.15, 0.2) is 47.3 Å². The Labute approximate surface area is 133 Å². The van der Waals surface area contributed by atoms with E-state index in [-0.39, 0.29) is 5.56 Å². The minimum Gasteiger partial charge on any atom is -0.493 e. The lowest BCUT2D eigenvalue weighted by Crippen LogP contribution is -2.11. The molecule has 1 aromatic heterocycles. The summed E-state index contributed by atoms with van der Waals surface area (Å²) in [6.45, 7) is 0. The van der Waals surface area contributed by atoms with Crippen LogP contribution in [0.25, 0.3) is 23.2 Å². The highest BCUT2D eigenvalue weighted by molar-refractivity contribution is 5.77. The molecular weight excluding hydrogens is 292 g/mol. The molecule has 0 fully saturated rings. The minimum atomic E-state index is -0.234. The molecule has 1 heterocycles. The molecule has 0 spiro atoms. The van der Waals surface area contributed by atoms with E-state index in [4.69, 9.17) is 9.47 Å². The Balaban J connectivity index is 2.04. The maximum atomic E-state index is 12.1. The molecule has 0 unspecified atom stereocenters. The third-order valence-corrected chi connectivity index (χ3v) is 3.48. The van der Waals surface area contributed by atoms with Gasteiger partial charge in [-0.05, 0) is 30.4 Å². The number of H-pyrrole nitrogens is 1. The summed E-state index contributed by atoms with van der Waals surface area (Å²) >= 11 is 0. The second-order valence-electron chi connectivity index (χ2n) is 4.88. The van der Waals surface area contributed by atoms with Gasteiger partial charge in [-0.15, -0.1) is 0 Å². The summed E-state index contributed by atoms with van der Waals surface area (Å²) in [6.07, 6.45) is 3.45. The average molecular weight is 308 g/mol. The summed E-state index contributed by atoms with van der Waals surface area (Å²) in [4.78, 5) is 19.3. The molecule has 0 radical (unpaired) electrons. The van der Waals surface area contributed by atoms with E-state index in [9.17, 15) is 4.79 Å². The Bertz CT molecular complexity index is 929. The number of rotatable bonds is 4. The topological polar surface area (TPSA) is 64.2 Å². The molecule has 0 aliphatic rings. The van der Waals surface area contributed by atoms with E-state index in [1.165, 1.54) is 0 Å². The molecular formula is C18H16N2O3. The van der Waals surface area contributed by atoms with Crippen molar-refractivity contribution in [3.8, 4) is 11.5 Å². The lowest BCUT2D eigenvalue weighted by Gasteiger charge is -2.09. The van der Waals surface area contributed by atoms with Crippen molar-refractivity contribution < 1.29 is 9.47 Å². The van der Waals surface area contributed by atoms with E-state index in [2.05, 4.69) is 9.97 Å². The fourth-order valence-corrected chi connectivity index (χ4v) is 2.37. The first kappa shape index (κ1) is 14.8. The van der Waals surface area contributed by atoms with Gasteiger partial charge in [0.25, 0.3) is 5.56 Å². The van der Waals surface area contributed by atoms with Crippen molar-refractivity contribution in [2.45, 2.75) is 0 Å². The zero-order chi connectivity index (χ0) is 16.2. The predicted octanol–water partition coefficient (Wildman–Crippen LogP) is 3.11. The van der Waals surface area contributed by atoms with E-state index in [1.54, 1.807) is 26.4 Å². The van der Waals surface area contributed by atoms with E-state index >= 15 is 0 Å². The molecule has 3 rings (SSSR count). The molecule has 116 valence electrons. The molecule has 0 saturated heterocycles. The Morgan fingerprint density at radius 2 is 1.83 bits per heavy atom. The molecule has 0 aliphatic heterocycles. The second-order valence-corrected chi connectivity index (χ2v) is 4.88. The van der Waals surface area contributed by atoms with Crippen LogP contribution in [0.4, 0.5) is 0 Å². The summed E-state index contributed by atoms with van der Waals surface area (Å²) in [5.41, 5.74) is 2.37. The summed E-state index contributed by atoms with van der Waals surface area (Å²) in [6, 6.07) is 13.0. The second kappa shape index (κ2) is 6.36. The van der Waals surface area contributed by atoms with E-state index in [1.807, 2.05) is 42.5 Å². The zero-order valence-electron chi connectivity index (χ0n) is 12.9. The first-order chi connectivity index (χ1) is 11.2. The number of methoxy groups -OCH3 is 2. The van der Waals surface area contributed by atoms with Gasteiger partial charge in [0.1, 0.15) is 5.69 Å². The van der Waals surface area contributed by atoms with Crippen LogP contribution in [0.1, 0.15) is 11.3 Å². The first-order valence-electron chi connectivity index (χ1n) is 7.11. The van der Waals surface area contributed by atoms with Crippen LogP contribution < -0.4 is 15.0 Å². The van der Waals surface area contributed by atoms with E-state index < -0.39 is 0 Å². The SMILES string of the molecule is COc1cccc(/C=C/c2nc3ccccc3[nH]c2=O)c1OC. The highest BCUT2D eigenvalue weighted by Crippen LogP contribution is 2.31. The third kappa shape index (κ3) is 2.94. The van der Waals surface area contributed by atoms with E-state index in [0.29, 0.717) is 22.7 Å². The first-order valence-corrected chi connectivity index (χ1v) is 7.11. The van der Waals surface area contributed by atoms with Gasteiger partial charge in [0.15, 0.2) is 11.5 Å². The summed E-state index contributed by atoms with van der Waals surface area (Å²) < 4.78 is 10.6. The van der Waals surface area contributed by atoms with Crippen molar-refractivity contribution in [3.05, 3.63) is 64.1 Å². The van der Waals surface area contributed by atoms with Crippen molar-refractivity contribution in [2.75, 3.05) is 14.2 Å². The largest absolute Gasteiger partial charge is 0.493 e. The quantitative estimate of drug-likeness (QED) is 0.804. The number of fused-ring (bicyclic) bond motifs is 1. The molecule has 0 atom stereocenters. The van der Waals surface area contributed by atoms with Crippen molar-refractivity contribution in [1.82, 2.24) is 9.97 Å². The molecule has 0 aliphatic carbocycles. The van der Waals surface area contributed by atoms with Crippen LogP contribution >= 0.6 is 0 Å². The minimum absolute atomic E-state index is 0.234. The number of hydrogen-bond acceptors (Lipinski definition) is 4. The van der Waals surface area contributed by atoms with Crippen molar-refractivity contribution >= 4 is 23.2 Å².